The first-order valence-corrected chi connectivity index (χ1v) is 6.48. The van der Waals surface area contributed by atoms with Gasteiger partial charge in [0.05, 0.1) is 12.0 Å². The van der Waals surface area contributed by atoms with E-state index in [1.54, 1.807) is 0 Å². The molecule has 0 aromatic carbocycles. The summed E-state index contributed by atoms with van der Waals surface area (Å²) in [5.41, 5.74) is 2.39. The molecule has 0 radical (unpaired) electrons. The lowest BCUT2D eigenvalue weighted by molar-refractivity contribution is 0.666. The highest BCUT2D eigenvalue weighted by Crippen LogP contribution is 2.03. The lowest BCUT2D eigenvalue weighted by Crippen LogP contribution is -2.17. The lowest BCUT2D eigenvalue weighted by atomic mass is 10.3. The summed E-state index contributed by atoms with van der Waals surface area (Å²) in [4.78, 5) is 8.43. The van der Waals surface area contributed by atoms with E-state index in [4.69, 9.17) is 0 Å². The summed E-state index contributed by atoms with van der Waals surface area (Å²) >= 11 is 0. The Morgan fingerprint density at radius 3 is 2.83 bits per heavy atom. The van der Waals surface area contributed by atoms with Gasteiger partial charge in [-0.2, -0.15) is 0 Å². The zero-order valence-corrected chi connectivity index (χ0v) is 10.8. The van der Waals surface area contributed by atoms with Gasteiger partial charge in [0.1, 0.15) is 0 Å². The fourth-order valence-electron chi connectivity index (χ4n) is 1.84. The fraction of sp³-hybridized carbons (Fsp3) is 0.429. The third kappa shape index (κ3) is 3.96. The van der Waals surface area contributed by atoms with Gasteiger partial charge in [-0.25, -0.2) is 4.98 Å². The lowest BCUT2D eigenvalue weighted by Gasteiger charge is -2.01. The highest BCUT2D eigenvalue weighted by Gasteiger charge is 1.99. The van der Waals surface area contributed by atoms with Gasteiger partial charge in [-0.05, 0) is 30.7 Å². The second kappa shape index (κ2) is 6.91. The van der Waals surface area contributed by atoms with Crippen LogP contribution in [0.1, 0.15) is 24.6 Å². The van der Waals surface area contributed by atoms with E-state index < -0.39 is 0 Å². The molecule has 0 saturated carbocycles. The molecule has 0 aliphatic rings. The Morgan fingerprint density at radius 1 is 1.22 bits per heavy atom. The predicted octanol–water partition coefficient (Wildman–Crippen LogP) is 1.87. The van der Waals surface area contributed by atoms with Crippen LogP contribution in [0.3, 0.4) is 0 Å². The Morgan fingerprint density at radius 2 is 2.06 bits per heavy atom. The number of rotatable bonds is 7. The van der Waals surface area contributed by atoms with E-state index in [1.165, 1.54) is 12.0 Å². The first kappa shape index (κ1) is 12.8. The zero-order chi connectivity index (χ0) is 12.6. The molecule has 0 saturated heterocycles. The second-order valence-corrected chi connectivity index (χ2v) is 4.39. The van der Waals surface area contributed by atoms with E-state index in [0.717, 1.165) is 31.7 Å². The summed E-state index contributed by atoms with van der Waals surface area (Å²) in [5, 5.41) is 3.38. The summed E-state index contributed by atoms with van der Waals surface area (Å²) in [6.07, 6.45) is 9.83. The average molecular weight is 244 g/mol. The van der Waals surface area contributed by atoms with Crippen LogP contribution in [0.25, 0.3) is 0 Å². The van der Waals surface area contributed by atoms with Gasteiger partial charge in [-0.15, -0.1) is 0 Å². The van der Waals surface area contributed by atoms with Crippen LogP contribution in [0.15, 0.2) is 37.1 Å². The van der Waals surface area contributed by atoms with Gasteiger partial charge >= 0.3 is 0 Å². The summed E-state index contributed by atoms with van der Waals surface area (Å²) in [5.74, 6) is 0. The minimum Gasteiger partial charge on any atom is -0.333 e. The highest BCUT2D eigenvalue weighted by molar-refractivity contribution is 5.11. The first-order valence-electron chi connectivity index (χ1n) is 6.48. The molecule has 0 atom stereocenters. The largest absolute Gasteiger partial charge is 0.333 e. The molecule has 0 spiro atoms. The molecule has 2 aromatic heterocycles. The van der Waals surface area contributed by atoms with E-state index in [9.17, 15) is 0 Å². The van der Waals surface area contributed by atoms with E-state index in [0.29, 0.717) is 0 Å². The molecule has 4 heteroatoms. The number of nitrogens with one attached hydrogen (secondary N) is 1. The topological polar surface area (TPSA) is 42.7 Å². The number of nitrogens with zero attached hydrogens (tertiary/aromatic N) is 3. The molecule has 0 unspecified atom stereocenters. The van der Waals surface area contributed by atoms with Gasteiger partial charge in [0, 0.05) is 38.1 Å². The van der Waals surface area contributed by atoms with Gasteiger partial charge in [0.2, 0.25) is 0 Å². The molecule has 2 aromatic rings. The SMILES string of the molecule is CCCNCCc1cn(Cc2ccncc2)cn1. The van der Waals surface area contributed by atoms with Crippen molar-refractivity contribution in [3.8, 4) is 0 Å². The van der Waals surface area contributed by atoms with Crippen molar-refractivity contribution in [2.24, 2.45) is 0 Å². The van der Waals surface area contributed by atoms with Crippen LogP contribution in [0.4, 0.5) is 0 Å². The van der Waals surface area contributed by atoms with Crippen molar-refractivity contribution in [1.82, 2.24) is 19.9 Å². The van der Waals surface area contributed by atoms with E-state index >= 15 is 0 Å². The number of aromatic nitrogens is 3. The van der Waals surface area contributed by atoms with Gasteiger partial charge in [0.25, 0.3) is 0 Å². The maximum atomic E-state index is 4.42. The zero-order valence-electron chi connectivity index (χ0n) is 10.8. The number of imidazole rings is 1. The Hall–Kier alpha value is -1.68. The summed E-state index contributed by atoms with van der Waals surface area (Å²) in [6.45, 7) is 5.12. The minimum absolute atomic E-state index is 0.859. The molecule has 0 bridgehead atoms. The standard InChI is InChI=1S/C14H20N4/c1-2-6-15-9-5-14-11-18(12-17-14)10-13-3-7-16-8-4-13/h3-4,7-8,11-12,15H,2,5-6,9-10H2,1H3. The monoisotopic (exact) mass is 244 g/mol. The maximum absolute atomic E-state index is 4.42. The van der Waals surface area contributed by atoms with E-state index in [2.05, 4.69) is 33.0 Å². The van der Waals surface area contributed by atoms with Crippen molar-refractivity contribution in [2.75, 3.05) is 13.1 Å². The van der Waals surface area contributed by atoms with Crippen LogP contribution >= 0.6 is 0 Å². The molecule has 2 heterocycles. The fourth-order valence-corrected chi connectivity index (χ4v) is 1.84. The minimum atomic E-state index is 0.859. The summed E-state index contributed by atoms with van der Waals surface area (Å²) < 4.78 is 2.12. The molecule has 0 aliphatic heterocycles. The van der Waals surface area contributed by atoms with E-state index in [1.807, 2.05) is 30.9 Å². The van der Waals surface area contributed by atoms with Crippen LogP contribution in [-0.2, 0) is 13.0 Å². The van der Waals surface area contributed by atoms with Gasteiger partial charge < -0.3 is 9.88 Å². The summed E-state index contributed by atoms with van der Waals surface area (Å²) in [7, 11) is 0. The van der Waals surface area contributed by atoms with Gasteiger partial charge in [0.15, 0.2) is 0 Å². The van der Waals surface area contributed by atoms with Crippen LogP contribution in [-0.4, -0.2) is 27.6 Å². The summed E-state index contributed by atoms with van der Waals surface area (Å²) in [6, 6.07) is 4.06. The first-order chi connectivity index (χ1) is 8.88. The molecular weight excluding hydrogens is 224 g/mol. The Kier molecular flexibility index (Phi) is 4.90. The van der Waals surface area contributed by atoms with Crippen molar-refractivity contribution >= 4 is 0 Å². The predicted molar refractivity (Wildman–Crippen MR) is 72.4 cm³/mol. The maximum Gasteiger partial charge on any atom is 0.0952 e. The van der Waals surface area contributed by atoms with Crippen molar-refractivity contribution < 1.29 is 0 Å². The Labute approximate surface area is 108 Å². The van der Waals surface area contributed by atoms with Crippen LogP contribution in [0.2, 0.25) is 0 Å². The average Bonchev–Trinajstić information content (AvgIpc) is 2.84. The number of hydrogen-bond donors (Lipinski definition) is 1. The normalized spacial score (nSPS) is 10.7. The smallest absolute Gasteiger partial charge is 0.0952 e. The van der Waals surface area contributed by atoms with Gasteiger partial charge in [-0.3, -0.25) is 4.98 Å². The van der Waals surface area contributed by atoms with Crippen molar-refractivity contribution in [2.45, 2.75) is 26.3 Å². The van der Waals surface area contributed by atoms with Crippen molar-refractivity contribution in [3.63, 3.8) is 0 Å². The molecular formula is C14H20N4. The molecule has 96 valence electrons. The molecule has 0 aliphatic carbocycles. The Balaban J connectivity index is 1.83. The molecule has 0 amide bonds. The number of pyridine rings is 1. The van der Waals surface area contributed by atoms with Crippen molar-refractivity contribution in [3.05, 3.63) is 48.3 Å². The van der Waals surface area contributed by atoms with Crippen LogP contribution in [0.5, 0.6) is 0 Å². The van der Waals surface area contributed by atoms with Crippen molar-refractivity contribution in [1.29, 1.82) is 0 Å². The third-order valence-corrected chi connectivity index (χ3v) is 2.79. The molecule has 2 rings (SSSR count). The van der Waals surface area contributed by atoms with Crippen LogP contribution in [0, 0.1) is 0 Å². The number of hydrogen-bond acceptors (Lipinski definition) is 3. The Bertz CT molecular complexity index is 450. The second-order valence-electron chi connectivity index (χ2n) is 4.39. The quantitative estimate of drug-likeness (QED) is 0.756. The molecule has 4 nitrogen and oxygen atoms in total. The molecule has 0 fully saturated rings. The van der Waals surface area contributed by atoms with Gasteiger partial charge in [-0.1, -0.05) is 6.92 Å². The third-order valence-electron chi connectivity index (χ3n) is 2.79. The highest BCUT2D eigenvalue weighted by atomic mass is 15.0. The molecule has 18 heavy (non-hydrogen) atoms. The van der Waals surface area contributed by atoms with E-state index in [-0.39, 0.29) is 0 Å². The molecule has 1 N–H and O–H groups in total. The van der Waals surface area contributed by atoms with Crippen LogP contribution < -0.4 is 5.32 Å².